The van der Waals surface area contributed by atoms with Crippen molar-refractivity contribution in [3.63, 3.8) is 0 Å². The maximum Gasteiger partial charge on any atom is 0.417 e. The Kier molecular flexibility index (Phi) is 6.39. The third-order valence-electron chi connectivity index (χ3n) is 3.95. The van der Waals surface area contributed by atoms with Gasteiger partial charge in [-0.15, -0.1) is 11.8 Å². The van der Waals surface area contributed by atoms with Gasteiger partial charge in [-0.3, -0.25) is 4.79 Å². The first kappa shape index (κ1) is 18.0. The lowest BCUT2D eigenvalue weighted by atomic mass is 10.0. The molecule has 2 amide bonds. The molecule has 1 fully saturated rings. The fraction of sp³-hybridized carbons (Fsp3) is 0.474. The Balaban J connectivity index is 2.11. The van der Waals surface area contributed by atoms with Crippen LogP contribution in [0.25, 0.3) is 0 Å². The fourth-order valence-corrected chi connectivity index (χ4v) is 2.52. The minimum Gasteiger partial charge on any atom is -0.447 e. The molecule has 0 unspecified atom stereocenters. The smallest absolute Gasteiger partial charge is 0.417 e. The summed E-state index contributed by atoms with van der Waals surface area (Å²) in [6, 6.07) is 9.33. The standard InChI is InChI=1S/C19H23NO4/c1-4-5-11-17(23-12-15-9-7-6-8-10-15)18(21)20-16(14(2)3)13-24-19(20)22/h6-10,14,16-17H,11-13H2,1-3H3/t16-,17-/m1/s1. The van der Waals surface area contributed by atoms with Crippen LogP contribution in [0.5, 0.6) is 0 Å². The topological polar surface area (TPSA) is 55.8 Å². The van der Waals surface area contributed by atoms with Crippen LogP contribution in [0.1, 0.15) is 32.8 Å². The molecule has 24 heavy (non-hydrogen) atoms. The van der Waals surface area contributed by atoms with Crippen LogP contribution in [0.2, 0.25) is 0 Å². The largest absolute Gasteiger partial charge is 0.447 e. The molecule has 1 heterocycles. The number of hydrogen-bond acceptors (Lipinski definition) is 4. The van der Waals surface area contributed by atoms with Gasteiger partial charge < -0.3 is 9.47 Å². The molecule has 1 aliphatic heterocycles. The molecule has 1 saturated heterocycles. The fourth-order valence-electron chi connectivity index (χ4n) is 2.52. The van der Waals surface area contributed by atoms with Crippen molar-refractivity contribution in [2.75, 3.05) is 6.61 Å². The SMILES string of the molecule is CC#CC[C@@H](OCc1ccccc1)C(=O)N1C(=O)OC[C@@H]1C(C)C. The van der Waals surface area contributed by atoms with Crippen molar-refractivity contribution in [1.82, 2.24) is 4.90 Å². The second kappa shape index (κ2) is 8.51. The molecule has 0 aromatic heterocycles. The van der Waals surface area contributed by atoms with Crippen LogP contribution in [0.3, 0.4) is 0 Å². The second-order valence-electron chi connectivity index (χ2n) is 6.01. The first-order valence-corrected chi connectivity index (χ1v) is 8.09. The number of rotatable bonds is 6. The van der Waals surface area contributed by atoms with E-state index >= 15 is 0 Å². The van der Waals surface area contributed by atoms with Gasteiger partial charge in [0, 0.05) is 6.42 Å². The van der Waals surface area contributed by atoms with Crippen molar-refractivity contribution in [3.8, 4) is 11.8 Å². The quantitative estimate of drug-likeness (QED) is 0.753. The van der Waals surface area contributed by atoms with Crippen molar-refractivity contribution in [2.24, 2.45) is 5.92 Å². The van der Waals surface area contributed by atoms with Crippen LogP contribution in [0.4, 0.5) is 4.79 Å². The molecule has 1 aromatic rings. The number of nitrogens with zero attached hydrogens (tertiary/aromatic N) is 1. The normalized spacial score (nSPS) is 18.1. The highest BCUT2D eigenvalue weighted by Gasteiger charge is 2.42. The molecule has 5 heteroatoms. The first-order valence-electron chi connectivity index (χ1n) is 8.09. The van der Waals surface area contributed by atoms with E-state index in [9.17, 15) is 9.59 Å². The maximum atomic E-state index is 12.8. The Morgan fingerprint density at radius 3 is 2.71 bits per heavy atom. The van der Waals surface area contributed by atoms with Gasteiger partial charge in [-0.25, -0.2) is 9.69 Å². The van der Waals surface area contributed by atoms with Gasteiger partial charge in [0.2, 0.25) is 0 Å². The number of amides is 2. The molecule has 1 aliphatic rings. The second-order valence-corrected chi connectivity index (χ2v) is 6.01. The van der Waals surface area contributed by atoms with Crippen LogP contribution in [-0.2, 0) is 20.9 Å². The number of imide groups is 1. The Morgan fingerprint density at radius 1 is 1.38 bits per heavy atom. The molecule has 0 N–H and O–H groups in total. The van der Waals surface area contributed by atoms with Gasteiger partial charge >= 0.3 is 6.09 Å². The highest BCUT2D eigenvalue weighted by molar-refractivity contribution is 5.96. The van der Waals surface area contributed by atoms with Gasteiger partial charge in [-0.05, 0) is 18.4 Å². The van der Waals surface area contributed by atoms with Crippen molar-refractivity contribution in [1.29, 1.82) is 0 Å². The predicted molar refractivity (Wildman–Crippen MR) is 89.9 cm³/mol. The summed E-state index contributed by atoms with van der Waals surface area (Å²) in [7, 11) is 0. The molecule has 1 aromatic carbocycles. The van der Waals surface area contributed by atoms with E-state index in [1.54, 1.807) is 6.92 Å². The Hall–Kier alpha value is -2.32. The van der Waals surface area contributed by atoms with E-state index in [4.69, 9.17) is 9.47 Å². The third kappa shape index (κ3) is 4.36. The minimum absolute atomic E-state index is 0.118. The first-order chi connectivity index (χ1) is 11.5. The number of cyclic esters (lactones) is 1. The zero-order valence-corrected chi connectivity index (χ0v) is 14.3. The van der Waals surface area contributed by atoms with E-state index in [0.29, 0.717) is 0 Å². The summed E-state index contributed by atoms with van der Waals surface area (Å²) in [6.07, 6.45) is -1.14. The Morgan fingerprint density at radius 2 is 2.08 bits per heavy atom. The van der Waals surface area contributed by atoms with Crippen LogP contribution in [-0.4, -0.2) is 35.7 Å². The number of hydrogen-bond donors (Lipinski definition) is 0. The summed E-state index contributed by atoms with van der Waals surface area (Å²) in [5.74, 6) is 5.38. The average Bonchev–Trinajstić information content (AvgIpc) is 2.97. The van der Waals surface area contributed by atoms with Crippen molar-refractivity contribution in [2.45, 2.75) is 45.9 Å². The lowest BCUT2D eigenvalue weighted by Crippen LogP contribution is -2.47. The number of carbonyl (C=O) groups is 2. The maximum absolute atomic E-state index is 12.8. The van der Waals surface area contributed by atoms with Gasteiger partial charge in [0.25, 0.3) is 5.91 Å². The van der Waals surface area contributed by atoms with Gasteiger partial charge in [-0.2, -0.15) is 0 Å². The zero-order valence-electron chi connectivity index (χ0n) is 14.3. The van der Waals surface area contributed by atoms with E-state index in [-0.39, 0.29) is 37.5 Å². The van der Waals surface area contributed by atoms with Crippen molar-refractivity contribution < 1.29 is 19.1 Å². The molecule has 0 spiro atoms. The van der Waals surface area contributed by atoms with E-state index in [0.717, 1.165) is 5.56 Å². The van der Waals surface area contributed by atoms with E-state index < -0.39 is 12.2 Å². The summed E-state index contributed by atoms with van der Waals surface area (Å²) < 4.78 is 10.8. The lowest BCUT2D eigenvalue weighted by molar-refractivity contribution is -0.142. The number of carbonyl (C=O) groups excluding carboxylic acids is 2. The molecule has 5 nitrogen and oxygen atoms in total. The lowest BCUT2D eigenvalue weighted by Gasteiger charge is -2.26. The highest BCUT2D eigenvalue weighted by atomic mass is 16.6. The van der Waals surface area contributed by atoms with Crippen LogP contribution >= 0.6 is 0 Å². The molecular weight excluding hydrogens is 306 g/mol. The molecule has 128 valence electrons. The summed E-state index contributed by atoms with van der Waals surface area (Å²) in [5, 5.41) is 0. The highest BCUT2D eigenvalue weighted by Crippen LogP contribution is 2.22. The molecule has 0 bridgehead atoms. The molecule has 0 saturated carbocycles. The van der Waals surface area contributed by atoms with Crippen molar-refractivity contribution in [3.05, 3.63) is 35.9 Å². The Labute approximate surface area is 142 Å². The van der Waals surface area contributed by atoms with Gasteiger partial charge in [0.15, 0.2) is 0 Å². The van der Waals surface area contributed by atoms with Crippen LogP contribution in [0.15, 0.2) is 30.3 Å². The summed E-state index contributed by atoms with van der Waals surface area (Å²) in [4.78, 5) is 26.0. The van der Waals surface area contributed by atoms with Crippen molar-refractivity contribution >= 4 is 12.0 Å². The van der Waals surface area contributed by atoms with E-state index in [1.807, 2.05) is 44.2 Å². The van der Waals surface area contributed by atoms with Gasteiger partial charge in [-0.1, -0.05) is 44.2 Å². The molecule has 2 rings (SSSR count). The molecule has 0 aliphatic carbocycles. The molecule has 0 radical (unpaired) electrons. The summed E-state index contributed by atoms with van der Waals surface area (Å²) in [6.45, 7) is 6.14. The van der Waals surface area contributed by atoms with E-state index in [1.165, 1.54) is 4.90 Å². The van der Waals surface area contributed by atoms with Crippen LogP contribution in [0, 0.1) is 17.8 Å². The summed E-state index contributed by atoms with van der Waals surface area (Å²) >= 11 is 0. The van der Waals surface area contributed by atoms with Gasteiger partial charge in [0.05, 0.1) is 12.6 Å². The van der Waals surface area contributed by atoms with E-state index in [2.05, 4.69) is 11.8 Å². The predicted octanol–water partition coefficient (Wildman–Crippen LogP) is 2.99. The third-order valence-corrected chi connectivity index (χ3v) is 3.95. The molecule has 2 atom stereocenters. The zero-order chi connectivity index (χ0) is 17.5. The summed E-state index contributed by atoms with van der Waals surface area (Å²) in [5.41, 5.74) is 0.962. The average molecular weight is 329 g/mol. The van der Waals surface area contributed by atoms with Gasteiger partial charge in [0.1, 0.15) is 12.7 Å². The number of benzene rings is 1. The molecular formula is C19H23NO4. The monoisotopic (exact) mass is 329 g/mol. The van der Waals surface area contributed by atoms with Crippen LogP contribution < -0.4 is 0 Å². The Bertz CT molecular complexity index is 630. The minimum atomic E-state index is -0.787. The number of ether oxygens (including phenoxy) is 2.